The smallest absolute Gasteiger partial charge is 0.420 e. The van der Waals surface area contributed by atoms with Gasteiger partial charge in [0, 0.05) is 13.8 Å². The minimum Gasteiger partial charge on any atom is -0.420 e. The second-order valence-corrected chi connectivity index (χ2v) is 3.49. The van der Waals surface area contributed by atoms with Crippen LogP contribution in [-0.2, 0) is 33.7 Å². The van der Waals surface area contributed by atoms with Crippen LogP contribution in [0.5, 0.6) is 0 Å². The molecule has 0 heterocycles. The molecule has 0 aliphatic carbocycles. The normalized spacial score (nSPS) is 14.9. The number of Topliss-reactive ketones (excluding diaryl/α,β-unsaturated/α-hetero) is 1. The van der Waals surface area contributed by atoms with Crippen molar-refractivity contribution in [1.29, 1.82) is 0 Å². The molecule has 9 nitrogen and oxygen atoms in total. The van der Waals surface area contributed by atoms with E-state index in [2.05, 4.69) is 14.5 Å². The fourth-order valence-electron chi connectivity index (χ4n) is 0.542. The number of aliphatic hydroxyl groups is 1. The molecule has 2 atom stereocenters. The van der Waals surface area contributed by atoms with Crippen molar-refractivity contribution >= 4 is 23.7 Å². The summed E-state index contributed by atoms with van der Waals surface area (Å²) in [5, 5.41) is 9.40. The molecule has 0 spiro atoms. The highest BCUT2D eigenvalue weighted by Crippen LogP contribution is 2.10. The Kier molecular flexibility index (Phi) is 5.40. The van der Waals surface area contributed by atoms with E-state index in [4.69, 9.17) is 5.73 Å². The third-order valence-corrected chi connectivity index (χ3v) is 1.53. The van der Waals surface area contributed by atoms with Crippen LogP contribution in [0.4, 0.5) is 0 Å². The molecule has 0 amide bonds. The molecular weight excluding hydrogens is 250 g/mol. The predicted molar refractivity (Wildman–Crippen MR) is 53.2 cm³/mol. The summed E-state index contributed by atoms with van der Waals surface area (Å²) in [5.41, 5.74) is 5.14. The Morgan fingerprint density at radius 2 is 1.72 bits per heavy atom. The van der Waals surface area contributed by atoms with E-state index in [9.17, 15) is 24.3 Å². The summed E-state index contributed by atoms with van der Waals surface area (Å²) >= 11 is 0. The van der Waals surface area contributed by atoms with Gasteiger partial charge in [-0.1, -0.05) is 0 Å². The van der Waals surface area contributed by atoms with Crippen molar-refractivity contribution in [2.75, 3.05) is 0 Å². The van der Waals surface area contributed by atoms with Gasteiger partial charge in [0.1, 0.15) is 6.04 Å². The number of hydrogen-bond donors (Lipinski definition) is 2. The van der Waals surface area contributed by atoms with E-state index in [-0.39, 0.29) is 0 Å². The Labute approximate surface area is 102 Å². The minimum absolute atomic E-state index is 0.775. The predicted octanol–water partition coefficient (Wildman–Crippen LogP) is -1.82. The van der Waals surface area contributed by atoms with Crippen molar-refractivity contribution < 1.29 is 38.8 Å². The summed E-state index contributed by atoms with van der Waals surface area (Å²) in [6, 6.07) is -1.08. The van der Waals surface area contributed by atoms with Crippen molar-refractivity contribution in [2.45, 2.75) is 32.6 Å². The number of ketones is 1. The molecule has 0 aliphatic rings. The van der Waals surface area contributed by atoms with Crippen LogP contribution < -0.4 is 5.73 Å². The van der Waals surface area contributed by atoms with Gasteiger partial charge in [0.15, 0.2) is 0 Å². The number of rotatable bonds is 4. The maximum Gasteiger partial charge on any atom is 0.426 e. The average Bonchev–Trinajstić information content (AvgIpc) is 2.24. The van der Waals surface area contributed by atoms with Gasteiger partial charge in [-0.25, -0.2) is 19.4 Å². The summed E-state index contributed by atoms with van der Waals surface area (Å²) in [4.78, 5) is 50.9. The fourth-order valence-corrected chi connectivity index (χ4v) is 0.542. The Hall–Kier alpha value is -2.00. The quantitative estimate of drug-likeness (QED) is 0.197. The summed E-state index contributed by atoms with van der Waals surface area (Å²) in [5.74, 6) is -7.82. The van der Waals surface area contributed by atoms with Crippen molar-refractivity contribution in [1.82, 2.24) is 0 Å². The van der Waals surface area contributed by atoms with Gasteiger partial charge in [0.25, 0.3) is 0 Å². The van der Waals surface area contributed by atoms with Crippen LogP contribution in [0.25, 0.3) is 0 Å². The van der Waals surface area contributed by atoms with Gasteiger partial charge < -0.3 is 15.6 Å². The molecule has 2 unspecified atom stereocenters. The second-order valence-electron chi connectivity index (χ2n) is 3.49. The molecule has 0 saturated carbocycles. The Morgan fingerprint density at radius 3 is 2.11 bits per heavy atom. The highest BCUT2D eigenvalue weighted by atomic mass is 17.2. The molecule has 0 fully saturated rings. The Balaban J connectivity index is 4.44. The van der Waals surface area contributed by atoms with E-state index in [0.717, 1.165) is 13.8 Å². The second kappa shape index (κ2) is 6.07. The van der Waals surface area contributed by atoms with E-state index in [0.29, 0.717) is 0 Å². The molecule has 18 heavy (non-hydrogen) atoms. The molecule has 0 aromatic rings. The zero-order valence-electron chi connectivity index (χ0n) is 9.96. The van der Waals surface area contributed by atoms with Crippen LogP contribution >= 0.6 is 0 Å². The van der Waals surface area contributed by atoms with Crippen LogP contribution in [0.3, 0.4) is 0 Å². The largest absolute Gasteiger partial charge is 0.426 e. The molecule has 0 bridgehead atoms. The monoisotopic (exact) mass is 263 g/mol. The number of esters is 1. The molecule has 3 N–H and O–H groups in total. The van der Waals surface area contributed by atoms with Crippen molar-refractivity contribution in [3.63, 3.8) is 0 Å². The maximum absolute atomic E-state index is 11.2. The van der Waals surface area contributed by atoms with E-state index in [1.807, 2.05) is 0 Å². The van der Waals surface area contributed by atoms with Crippen LogP contribution in [0.1, 0.15) is 20.8 Å². The summed E-state index contributed by atoms with van der Waals surface area (Å²) < 4.78 is 4.29. The van der Waals surface area contributed by atoms with Gasteiger partial charge in [-0.2, -0.15) is 0 Å². The standard InChI is InChI=1S/C9H13NO8/c1-4(10)6(12)16-9(3,15)8(14)18-17-7(13)5(2)11/h4,15H,10H2,1-3H3. The first-order valence-corrected chi connectivity index (χ1v) is 4.72. The lowest BCUT2D eigenvalue weighted by molar-refractivity contribution is -0.287. The number of carbonyl (C=O) groups excluding carboxylic acids is 4. The first-order chi connectivity index (χ1) is 8.08. The van der Waals surface area contributed by atoms with Gasteiger partial charge in [-0.3, -0.25) is 9.59 Å². The van der Waals surface area contributed by atoms with E-state index >= 15 is 0 Å². The van der Waals surface area contributed by atoms with Crippen LogP contribution in [-0.4, -0.2) is 40.6 Å². The average molecular weight is 263 g/mol. The maximum atomic E-state index is 11.2. The number of carbonyl (C=O) groups is 4. The topological polar surface area (TPSA) is 142 Å². The zero-order valence-corrected chi connectivity index (χ0v) is 9.96. The van der Waals surface area contributed by atoms with Crippen LogP contribution in [0.15, 0.2) is 0 Å². The third kappa shape index (κ3) is 4.89. The lowest BCUT2D eigenvalue weighted by atomic mass is 10.3. The van der Waals surface area contributed by atoms with Crippen molar-refractivity contribution in [2.24, 2.45) is 5.73 Å². The van der Waals surface area contributed by atoms with Gasteiger partial charge in [-0.05, 0) is 6.92 Å². The van der Waals surface area contributed by atoms with Gasteiger partial charge in [0.2, 0.25) is 5.78 Å². The molecule has 102 valence electrons. The lowest BCUT2D eigenvalue weighted by Crippen LogP contribution is -2.45. The summed E-state index contributed by atoms with van der Waals surface area (Å²) in [7, 11) is 0. The molecule has 9 heteroatoms. The van der Waals surface area contributed by atoms with Crippen molar-refractivity contribution in [3.05, 3.63) is 0 Å². The molecule has 0 aromatic heterocycles. The Morgan fingerprint density at radius 1 is 1.22 bits per heavy atom. The SMILES string of the molecule is CC(=O)C(=O)OOC(=O)C(C)(O)OC(=O)C(C)N. The van der Waals surface area contributed by atoms with Crippen LogP contribution in [0.2, 0.25) is 0 Å². The molecule has 0 radical (unpaired) electrons. The van der Waals surface area contributed by atoms with Gasteiger partial charge in [0.05, 0.1) is 0 Å². The zero-order chi connectivity index (χ0) is 14.5. The molecule has 0 aliphatic heterocycles. The number of hydrogen-bond acceptors (Lipinski definition) is 9. The molecule has 0 aromatic carbocycles. The van der Waals surface area contributed by atoms with E-state index < -0.39 is 35.5 Å². The van der Waals surface area contributed by atoms with Gasteiger partial charge in [-0.15, -0.1) is 0 Å². The minimum atomic E-state index is -2.69. The summed E-state index contributed by atoms with van der Waals surface area (Å²) in [6.07, 6.45) is 0. The van der Waals surface area contributed by atoms with Crippen molar-refractivity contribution in [3.8, 4) is 0 Å². The Bertz CT molecular complexity index is 373. The number of ether oxygens (including phenoxy) is 1. The first kappa shape index (κ1) is 16.0. The summed E-state index contributed by atoms with van der Waals surface area (Å²) in [6.45, 7) is 2.92. The lowest BCUT2D eigenvalue weighted by Gasteiger charge is -2.20. The highest BCUT2D eigenvalue weighted by molar-refractivity contribution is 6.32. The van der Waals surface area contributed by atoms with Gasteiger partial charge >= 0.3 is 23.7 Å². The molecule has 0 rings (SSSR count). The number of nitrogens with two attached hydrogens (primary N) is 1. The van der Waals surface area contributed by atoms with Crippen LogP contribution in [0, 0.1) is 0 Å². The first-order valence-electron chi connectivity index (χ1n) is 4.72. The van der Waals surface area contributed by atoms with E-state index in [1.54, 1.807) is 0 Å². The molecular formula is C9H13NO8. The third-order valence-electron chi connectivity index (χ3n) is 1.53. The van der Waals surface area contributed by atoms with E-state index in [1.165, 1.54) is 6.92 Å². The highest BCUT2D eigenvalue weighted by Gasteiger charge is 2.39. The fraction of sp³-hybridized carbons (Fsp3) is 0.556. The molecule has 0 saturated heterocycles.